The number of thioether (sulfide) groups is 1. The molecule has 1 rings (SSSR count). The van der Waals surface area contributed by atoms with Crippen LogP contribution in [-0.4, -0.2) is 11.8 Å². The predicted molar refractivity (Wildman–Crippen MR) is 61.2 cm³/mol. The molecule has 1 unspecified atom stereocenters. The predicted octanol–water partition coefficient (Wildman–Crippen LogP) is 3.06. The van der Waals surface area contributed by atoms with Crippen molar-refractivity contribution in [3.05, 3.63) is 34.6 Å². The van der Waals surface area contributed by atoms with Crippen molar-refractivity contribution in [2.24, 2.45) is 5.73 Å². The molecule has 4 heteroatoms. The van der Waals surface area contributed by atoms with E-state index in [2.05, 4.69) is 0 Å². The highest BCUT2D eigenvalue weighted by molar-refractivity contribution is 7.98. The summed E-state index contributed by atoms with van der Waals surface area (Å²) in [5, 5.41) is 0.614. The molecular weight excluding hydrogens is 221 g/mol. The first-order valence-corrected chi connectivity index (χ1v) is 5.90. The molecule has 0 saturated carbocycles. The standard InChI is InChI=1S/C10H13ClFNS/c1-7(13)5-14-6-8-4-9(12)2-3-10(8)11/h2-4,7H,5-6,13H2,1H3. The van der Waals surface area contributed by atoms with Crippen LogP contribution < -0.4 is 5.73 Å². The van der Waals surface area contributed by atoms with Gasteiger partial charge in [0, 0.05) is 22.6 Å². The van der Waals surface area contributed by atoms with Gasteiger partial charge in [0.1, 0.15) is 5.82 Å². The monoisotopic (exact) mass is 233 g/mol. The number of rotatable bonds is 4. The van der Waals surface area contributed by atoms with Crippen molar-refractivity contribution in [2.75, 3.05) is 5.75 Å². The van der Waals surface area contributed by atoms with Gasteiger partial charge in [-0.25, -0.2) is 4.39 Å². The summed E-state index contributed by atoms with van der Waals surface area (Å²) in [5.41, 5.74) is 6.43. The topological polar surface area (TPSA) is 26.0 Å². The van der Waals surface area contributed by atoms with Crippen LogP contribution in [0.5, 0.6) is 0 Å². The fraction of sp³-hybridized carbons (Fsp3) is 0.400. The van der Waals surface area contributed by atoms with Gasteiger partial charge in [-0.05, 0) is 30.7 Å². The minimum absolute atomic E-state index is 0.160. The van der Waals surface area contributed by atoms with E-state index in [1.54, 1.807) is 17.8 Å². The van der Waals surface area contributed by atoms with E-state index < -0.39 is 0 Å². The third kappa shape index (κ3) is 3.86. The van der Waals surface area contributed by atoms with Crippen LogP contribution >= 0.6 is 23.4 Å². The highest BCUT2D eigenvalue weighted by atomic mass is 35.5. The van der Waals surface area contributed by atoms with Crippen LogP contribution in [0.15, 0.2) is 18.2 Å². The lowest BCUT2D eigenvalue weighted by Gasteiger charge is -2.06. The molecule has 0 aliphatic carbocycles. The number of hydrogen-bond donors (Lipinski definition) is 1. The van der Waals surface area contributed by atoms with Crippen LogP contribution in [0.2, 0.25) is 5.02 Å². The SMILES string of the molecule is CC(N)CSCc1cc(F)ccc1Cl. The van der Waals surface area contributed by atoms with Crippen molar-refractivity contribution >= 4 is 23.4 Å². The number of hydrogen-bond acceptors (Lipinski definition) is 2. The highest BCUT2D eigenvalue weighted by Gasteiger charge is 2.03. The van der Waals surface area contributed by atoms with Gasteiger partial charge in [-0.1, -0.05) is 11.6 Å². The molecule has 0 aromatic heterocycles. The van der Waals surface area contributed by atoms with Gasteiger partial charge in [0.2, 0.25) is 0 Å². The summed E-state index contributed by atoms with van der Waals surface area (Å²) in [6.45, 7) is 1.94. The van der Waals surface area contributed by atoms with E-state index in [-0.39, 0.29) is 11.9 Å². The zero-order valence-corrected chi connectivity index (χ0v) is 9.54. The second kappa shape index (κ2) is 5.59. The van der Waals surface area contributed by atoms with E-state index >= 15 is 0 Å². The Morgan fingerprint density at radius 3 is 2.93 bits per heavy atom. The fourth-order valence-electron chi connectivity index (χ4n) is 1.01. The molecule has 0 aliphatic rings. The average molecular weight is 234 g/mol. The molecule has 0 radical (unpaired) electrons. The van der Waals surface area contributed by atoms with E-state index in [9.17, 15) is 4.39 Å². The minimum Gasteiger partial charge on any atom is -0.327 e. The van der Waals surface area contributed by atoms with Crippen LogP contribution in [-0.2, 0) is 5.75 Å². The lowest BCUT2D eigenvalue weighted by molar-refractivity contribution is 0.626. The maximum atomic E-state index is 12.8. The van der Waals surface area contributed by atoms with Gasteiger partial charge in [0.25, 0.3) is 0 Å². The number of nitrogens with two attached hydrogens (primary N) is 1. The van der Waals surface area contributed by atoms with E-state index in [4.69, 9.17) is 17.3 Å². The Labute approximate surface area is 92.8 Å². The molecule has 0 spiro atoms. The number of halogens is 2. The second-order valence-electron chi connectivity index (χ2n) is 3.23. The number of benzene rings is 1. The lowest BCUT2D eigenvalue weighted by atomic mass is 10.2. The third-order valence-corrected chi connectivity index (χ3v) is 3.29. The van der Waals surface area contributed by atoms with Crippen LogP contribution in [0.4, 0.5) is 4.39 Å². The van der Waals surface area contributed by atoms with Crippen LogP contribution in [0.1, 0.15) is 12.5 Å². The molecule has 0 bridgehead atoms. The third-order valence-electron chi connectivity index (χ3n) is 1.65. The van der Waals surface area contributed by atoms with Crippen molar-refractivity contribution < 1.29 is 4.39 Å². The Balaban J connectivity index is 2.53. The summed E-state index contributed by atoms with van der Waals surface area (Å²) in [6, 6.07) is 4.57. The molecular formula is C10H13ClFNS. The van der Waals surface area contributed by atoms with Crippen LogP contribution in [0.3, 0.4) is 0 Å². The van der Waals surface area contributed by atoms with E-state index in [1.807, 2.05) is 6.92 Å². The summed E-state index contributed by atoms with van der Waals surface area (Å²) >= 11 is 7.56. The Bertz CT molecular complexity index is 304. The molecule has 1 aromatic carbocycles. The molecule has 0 saturated heterocycles. The maximum Gasteiger partial charge on any atom is 0.123 e. The lowest BCUT2D eigenvalue weighted by Crippen LogP contribution is -2.17. The van der Waals surface area contributed by atoms with E-state index in [1.165, 1.54) is 12.1 Å². The minimum atomic E-state index is -0.245. The van der Waals surface area contributed by atoms with Gasteiger partial charge in [-0.2, -0.15) is 11.8 Å². The van der Waals surface area contributed by atoms with Crippen LogP contribution in [0, 0.1) is 5.82 Å². The Hall–Kier alpha value is -0.250. The Morgan fingerprint density at radius 2 is 2.29 bits per heavy atom. The van der Waals surface area contributed by atoms with Crippen molar-refractivity contribution in [1.29, 1.82) is 0 Å². The fourth-order valence-corrected chi connectivity index (χ4v) is 2.22. The molecule has 0 amide bonds. The quantitative estimate of drug-likeness (QED) is 0.865. The average Bonchev–Trinajstić information content (AvgIpc) is 2.10. The molecule has 0 heterocycles. The van der Waals surface area contributed by atoms with Gasteiger partial charge in [0.05, 0.1) is 0 Å². The maximum absolute atomic E-state index is 12.8. The second-order valence-corrected chi connectivity index (χ2v) is 4.67. The largest absolute Gasteiger partial charge is 0.327 e. The molecule has 0 fully saturated rings. The first kappa shape index (κ1) is 11.8. The van der Waals surface area contributed by atoms with Crippen molar-refractivity contribution in [2.45, 2.75) is 18.7 Å². The summed E-state index contributed by atoms with van der Waals surface area (Å²) in [5.74, 6) is 1.32. The molecule has 2 N–H and O–H groups in total. The van der Waals surface area contributed by atoms with E-state index in [0.29, 0.717) is 10.8 Å². The van der Waals surface area contributed by atoms with Gasteiger partial charge >= 0.3 is 0 Å². The van der Waals surface area contributed by atoms with Crippen molar-refractivity contribution in [3.8, 4) is 0 Å². The van der Waals surface area contributed by atoms with Gasteiger partial charge < -0.3 is 5.73 Å². The van der Waals surface area contributed by atoms with Crippen LogP contribution in [0.25, 0.3) is 0 Å². The first-order chi connectivity index (χ1) is 6.59. The molecule has 0 aliphatic heterocycles. The van der Waals surface area contributed by atoms with Gasteiger partial charge in [-0.3, -0.25) is 0 Å². The Kier molecular flexibility index (Phi) is 4.72. The summed E-state index contributed by atoms with van der Waals surface area (Å²) < 4.78 is 12.8. The zero-order chi connectivity index (χ0) is 10.6. The molecule has 1 aromatic rings. The van der Waals surface area contributed by atoms with E-state index in [0.717, 1.165) is 11.3 Å². The summed E-state index contributed by atoms with van der Waals surface area (Å²) in [7, 11) is 0. The van der Waals surface area contributed by atoms with Crippen molar-refractivity contribution in [1.82, 2.24) is 0 Å². The van der Waals surface area contributed by atoms with Crippen molar-refractivity contribution in [3.63, 3.8) is 0 Å². The summed E-state index contributed by atoms with van der Waals surface area (Å²) in [4.78, 5) is 0. The van der Waals surface area contributed by atoms with Gasteiger partial charge in [-0.15, -0.1) is 0 Å². The molecule has 1 nitrogen and oxygen atoms in total. The first-order valence-electron chi connectivity index (χ1n) is 4.37. The van der Waals surface area contributed by atoms with Gasteiger partial charge in [0.15, 0.2) is 0 Å². The molecule has 1 atom stereocenters. The smallest absolute Gasteiger partial charge is 0.123 e. The Morgan fingerprint density at radius 1 is 1.57 bits per heavy atom. The molecule has 14 heavy (non-hydrogen) atoms. The summed E-state index contributed by atoms with van der Waals surface area (Å²) in [6.07, 6.45) is 0. The highest BCUT2D eigenvalue weighted by Crippen LogP contribution is 2.22. The zero-order valence-electron chi connectivity index (χ0n) is 7.97. The molecule has 78 valence electrons. The normalized spacial score (nSPS) is 12.9.